The first-order chi connectivity index (χ1) is 18.4. The quantitative estimate of drug-likeness (QED) is 0.334. The average molecular weight is 518 g/mol. The molecule has 7 heteroatoms. The van der Waals surface area contributed by atoms with Crippen LogP contribution in [0.3, 0.4) is 0 Å². The van der Waals surface area contributed by atoms with E-state index in [0.29, 0.717) is 12.2 Å². The molecule has 3 aromatic carbocycles. The number of anilines is 1. The van der Waals surface area contributed by atoms with E-state index in [1.165, 1.54) is 5.56 Å². The first kappa shape index (κ1) is 27.8. The SMILES string of the molecule is CCNC(=O)Nc1ccc(C2OC(CN(C)C(C)c3ccccc3)C(C)C(c3ccc(CO)cc3)O2)cc1. The Morgan fingerprint density at radius 2 is 1.63 bits per heavy atom. The summed E-state index contributed by atoms with van der Waals surface area (Å²) in [5.41, 5.74) is 4.78. The number of carbonyl (C=O) groups excluding carboxylic acids is 1. The Kier molecular flexibility index (Phi) is 9.53. The van der Waals surface area contributed by atoms with Crippen molar-refractivity contribution in [2.75, 3.05) is 25.5 Å². The summed E-state index contributed by atoms with van der Waals surface area (Å²) in [6.45, 7) is 7.57. The minimum absolute atomic E-state index is 0.00848. The van der Waals surface area contributed by atoms with E-state index in [1.807, 2.05) is 61.5 Å². The molecule has 5 atom stereocenters. The van der Waals surface area contributed by atoms with Gasteiger partial charge in [-0.05, 0) is 49.7 Å². The largest absolute Gasteiger partial charge is 0.392 e. The molecule has 0 aromatic heterocycles. The summed E-state index contributed by atoms with van der Waals surface area (Å²) in [6, 6.07) is 26.0. The maximum Gasteiger partial charge on any atom is 0.319 e. The van der Waals surface area contributed by atoms with Crippen molar-refractivity contribution >= 4 is 11.7 Å². The number of benzene rings is 3. The highest BCUT2D eigenvalue weighted by atomic mass is 16.7. The van der Waals surface area contributed by atoms with Crippen LogP contribution in [0.25, 0.3) is 0 Å². The van der Waals surface area contributed by atoms with Gasteiger partial charge in [0.25, 0.3) is 0 Å². The average Bonchev–Trinajstić information content (AvgIpc) is 2.95. The fourth-order valence-corrected chi connectivity index (χ4v) is 4.82. The molecule has 0 radical (unpaired) electrons. The number of ether oxygens (including phenoxy) is 2. The molecular weight excluding hydrogens is 478 g/mol. The van der Waals surface area contributed by atoms with Crippen LogP contribution in [0.4, 0.5) is 10.5 Å². The van der Waals surface area contributed by atoms with E-state index in [9.17, 15) is 9.90 Å². The van der Waals surface area contributed by atoms with Crippen LogP contribution in [-0.4, -0.2) is 42.3 Å². The van der Waals surface area contributed by atoms with Gasteiger partial charge in [-0.2, -0.15) is 0 Å². The third-order valence-electron chi connectivity index (χ3n) is 7.31. The fraction of sp³-hybridized carbons (Fsp3) is 0.387. The zero-order valence-corrected chi connectivity index (χ0v) is 22.6. The van der Waals surface area contributed by atoms with Gasteiger partial charge in [-0.3, -0.25) is 4.90 Å². The molecule has 7 nitrogen and oxygen atoms in total. The van der Waals surface area contributed by atoms with Crippen molar-refractivity contribution in [3.63, 3.8) is 0 Å². The van der Waals surface area contributed by atoms with E-state index in [4.69, 9.17) is 9.47 Å². The Labute approximate surface area is 225 Å². The maximum atomic E-state index is 11.9. The van der Waals surface area contributed by atoms with Crippen LogP contribution in [0, 0.1) is 5.92 Å². The summed E-state index contributed by atoms with van der Waals surface area (Å²) < 4.78 is 13.2. The molecule has 1 aliphatic rings. The van der Waals surface area contributed by atoms with Gasteiger partial charge in [-0.15, -0.1) is 0 Å². The third-order valence-corrected chi connectivity index (χ3v) is 7.31. The summed E-state index contributed by atoms with van der Waals surface area (Å²) in [5.74, 6) is 0.0929. The van der Waals surface area contributed by atoms with Gasteiger partial charge >= 0.3 is 6.03 Å². The predicted octanol–water partition coefficient (Wildman–Crippen LogP) is 5.80. The van der Waals surface area contributed by atoms with Crippen molar-refractivity contribution in [1.82, 2.24) is 10.2 Å². The van der Waals surface area contributed by atoms with Crippen LogP contribution in [0.5, 0.6) is 0 Å². The van der Waals surface area contributed by atoms with Crippen LogP contribution in [-0.2, 0) is 16.1 Å². The maximum absolute atomic E-state index is 11.9. The number of rotatable bonds is 9. The van der Waals surface area contributed by atoms with Gasteiger partial charge in [0.1, 0.15) is 0 Å². The molecule has 3 N–H and O–H groups in total. The number of amides is 2. The van der Waals surface area contributed by atoms with Crippen LogP contribution < -0.4 is 10.6 Å². The molecule has 38 heavy (non-hydrogen) atoms. The zero-order chi connectivity index (χ0) is 27.1. The van der Waals surface area contributed by atoms with Crippen molar-refractivity contribution in [1.29, 1.82) is 0 Å². The van der Waals surface area contributed by atoms with Gasteiger partial charge in [0.2, 0.25) is 0 Å². The number of nitrogens with one attached hydrogen (secondary N) is 2. The molecule has 0 bridgehead atoms. The molecule has 1 heterocycles. The van der Waals surface area contributed by atoms with Crippen LogP contribution in [0.2, 0.25) is 0 Å². The van der Waals surface area contributed by atoms with Gasteiger partial charge in [0.05, 0.1) is 18.8 Å². The molecule has 1 saturated heterocycles. The van der Waals surface area contributed by atoms with E-state index in [0.717, 1.165) is 23.2 Å². The number of aliphatic hydroxyl groups excluding tert-OH is 1. The number of nitrogens with zero attached hydrogens (tertiary/aromatic N) is 1. The molecule has 202 valence electrons. The number of hydrogen-bond acceptors (Lipinski definition) is 5. The number of carbonyl (C=O) groups is 1. The molecular formula is C31H39N3O4. The first-order valence-electron chi connectivity index (χ1n) is 13.3. The topological polar surface area (TPSA) is 83.1 Å². The lowest BCUT2D eigenvalue weighted by molar-refractivity contribution is -0.276. The Bertz CT molecular complexity index is 1150. The van der Waals surface area contributed by atoms with Crippen LogP contribution >= 0.6 is 0 Å². The van der Waals surface area contributed by atoms with Crippen LogP contribution in [0.1, 0.15) is 61.5 Å². The molecule has 1 fully saturated rings. The van der Waals surface area contributed by atoms with Gasteiger partial charge in [0, 0.05) is 36.3 Å². The van der Waals surface area contributed by atoms with E-state index >= 15 is 0 Å². The highest BCUT2D eigenvalue weighted by Crippen LogP contribution is 2.42. The first-order valence-corrected chi connectivity index (χ1v) is 13.3. The number of likely N-dealkylation sites (N-methyl/N-ethyl adjacent to an activating group) is 1. The van der Waals surface area contributed by atoms with Gasteiger partial charge in [-0.25, -0.2) is 4.79 Å². The van der Waals surface area contributed by atoms with Crippen molar-refractivity contribution in [3.8, 4) is 0 Å². The minimum Gasteiger partial charge on any atom is -0.392 e. The summed E-state index contributed by atoms with van der Waals surface area (Å²) in [6.07, 6.45) is -0.821. The van der Waals surface area contributed by atoms with Gasteiger partial charge < -0.3 is 25.2 Å². The third kappa shape index (κ3) is 6.79. The predicted molar refractivity (Wildman–Crippen MR) is 150 cm³/mol. The normalized spacial score (nSPS) is 22.2. The van der Waals surface area contributed by atoms with E-state index in [-0.39, 0.29) is 36.8 Å². The van der Waals surface area contributed by atoms with Crippen LogP contribution in [0.15, 0.2) is 78.9 Å². The smallest absolute Gasteiger partial charge is 0.319 e. The molecule has 3 aromatic rings. The van der Waals surface area contributed by atoms with Crippen molar-refractivity contribution in [2.45, 2.75) is 51.9 Å². The molecule has 0 spiro atoms. The van der Waals surface area contributed by atoms with Crippen molar-refractivity contribution < 1.29 is 19.4 Å². The van der Waals surface area contributed by atoms with E-state index < -0.39 is 6.29 Å². The summed E-state index contributed by atoms with van der Waals surface area (Å²) in [5, 5.41) is 15.1. The molecule has 0 aliphatic carbocycles. The van der Waals surface area contributed by atoms with Gasteiger partial charge in [-0.1, -0.05) is 73.7 Å². The fourth-order valence-electron chi connectivity index (χ4n) is 4.82. The van der Waals surface area contributed by atoms with Gasteiger partial charge in [0.15, 0.2) is 6.29 Å². The summed E-state index contributed by atoms with van der Waals surface area (Å²) in [7, 11) is 2.13. The molecule has 2 amide bonds. The molecule has 1 aliphatic heterocycles. The Hall–Kier alpha value is -3.23. The second kappa shape index (κ2) is 13.0. The summed E-state index contributed by atoms with van der Waals surface area (Å²) >= 11 is 0. The highest BCUT2D eigenvalue weighted by Gasteiger charge is 2.39. The Morgan fingerprint density at radius 1 is 0.974 bits per heavy atom. The summed E-state index contributed by atoms with van der Waals surface area (Å²) in [4.78, 5) is 14.2. The standard InChI is InChI=1S/C31H39N3O4/c1-5-32-31(36)33-27-17-15-26(16-18-27)30-37-28(19-34(4)22(3)24-9-7-6-8-10-24)21(2)29(38-30)25-13-11-23(20-35)12-14-25/h6-18,21-22,28-30,35H,5,19-20H2,1-4H3,(H2,32,33,36). The number of urea groups is 1. The lowest BCUT2D eigenvalue weighted by atomic mass is 9.89. The lowest BCUT2D eigenvalue weighted by Gasteiger charge is -2.43. The zero-order valence-electron chi connectivity index (χ0n) is 22.6. The van der Waals surface area contributed by atoms with Crippen molar-refractivity contribution in [2.24, 2.45) is 5.92 Å². The second-order valence-electron chi connectivity index (χ2n) is 9.95. The monoisotopic (exact) mass is 517 g/mol. The van der Waals surface area contributed by atoms with E-state index in [1.54, 1.807) is 0 Å². The van der Waals surface area contributed by atoms with Crippen molar-refractivity contribution in [3.05, 3.63) is 101 Å². The Morgan fingerprint density at radius 3 is 2.26 bits per heavy atom. The number of hydrogen-bond donors (Lipinski definition) is 3. The minimum atomic E-state index is -0.558. The molecule has 0 saturated carbocycles. The molecule has 5 unspecified atom stereocenters. The van der Waals surface area contributed by atoms with E-state index in [2.05, 4.69) is 60.7 Å². The number of aliphatic hydroxyl groups is 1. The molecule has 4 rings (SSSR count). The second-order valence-corrected chi connectivity index (χ2v) is 9.95. The Balaban J connectivity index is 1.56. The highest BCUT2D eigenvalue weighted by molar-refractivity contribution is 5.89. The lowest BCUT2D eigenvalue weighted by Crippen LogP contribution is -2.44.